The highest BCUT2D eigenvalue weighted by Crippen LogP contribution is 2.38. The summed E-state index contributed by atoms with van der Waals surface area (Å²) >= 11 is 6.99. The van der Waals surface area contributed by atoms with Crippen molar-refractivity contribution in [2.24, 2.45) is 0 Å². The van der Waals surface area contributed by atoms with E-state index in [1.807, 2.05) is 6.20 Å². The van der Waals surface area contributed by atoms with Gasteiger partial charge in [0.15, 0.2) is 10.9 Å². The van der Waals surface area contributed by atoms with Crippen LogP contribution in [0.4, 0.5) is 15.2 Å². The second kappa shape index (κ2) is 8.93. The largest absolute Gasteiger partial charge is 0.465 e. The van der Waals surface area contributed by atoms with Gasteiger partial charge in [-0.1, -0.05) is 12.1 Å². The Morgan fingerprint density at radius 2 is 2.00 bits per heavy atom. The summed E-state index contributed by atoms with van der Waals surface area (Å²) < 4.78 is 19.8. The van der Waals surface area contributed by atoms with Gasteiger partial charge in [-0.25, -0.2) is 9.18 Å². The number of ether oxygens (including phenoxy) is 1. The molecular weight excluding hydrogens is 423 g/mol. The maximum Gasteiger partial charge on any atom is 0.341 e. The van der Waals surface area contributed by atoms with Crippen molar-refractivity contribution in [3.8, 4) is 0 Å². The lowest BCUT2D eigenvalue weighted by Crippen LogP contribution is -2.20. The van der Waals surface area contributed by atoms with Crippen molar-refractivity contribution in [3.63, 3.8) is 0 Å². The van der Waals surface area contributed by atoms with Crippen LogP contribution in [0.3, 0.4) is 0 Å². The first-order chi connectivity index (χ1) is 14.5. The van der Waals surface area contributed by atoms with Gasteiger partial charge in [0, 0.05) is 17.1 Å². The van der Waals surface area contributed by atoms with E-state index in [1.54, 1.807) is 34.2 Å². The summed E-state index contributed by atoms with van der Waals surface area (Å²) in [5.74, 6) is -0.0293. The Kier molecular flexibility index (Phi) is 6.10. The number of carbonyl (C=O) groups excluding carboxylic acids is 1. The number of aromatic nitrogens is 2. The summed E-state index contributed by atoms with van der Waals surface area (Å²) in [5.41, 5.74) is 2.61. The maximum absolute atomic E-state index is 13.0. The van der Waals surface area contributed by atoms with E-state index in [0.717, 1.165) is 36.8 Å². The third-order valence-corrected chi connectivity index (χ3v) is 6.34. The van der Waals surface area contributed by atoms with Gasteiger partial charge in [0.25, 0.3) is 0 Å². The number of esters is 1. The average molecular weight is 445 g/mol. The molecule has 0 unspecified atom stereocenters. The molecule has 0 bridgehead atoms. The van der Waals surface area contributed by atoms with E-state index in [0.29, 0.717) is 28.0 Å². The molecule has 6 nitrogen and oxygen atoms in total. The van der Waals surface area contributed by atoms with Crippen LogP contribution in [0.1, 0.15) is 39.2 Å². The Hall–Kier alpha value is -2.78. The SMILES string of the molecule is COC(=O)c1c(NC(=S)Nc2ccn(Cc3ccc(F)cc3)n2)sc2c1CCCC2. The summed E-state index contributed by atoms with van der Waals surface area (Å²) in [6.07, 6.45) is 5.87. The van der Waals surface area contributed by atoms with Crippen molar-refractivity contribution in [2.75, 3.05) is 17.7 Å². The number of benzene rings is 1. The summed E-state index contributed by atoms with van der Waals surface area (Å²) in [5, 5.41) is 11.7. The fraction of sp³-hybridized carbons (Fsp3) is 0.286. The molecule has 9 heteroatoms. The summed E-state index contributed by atoms with van der Waals surface area (Å²) in [7, 11) is 1.39. The van der Waals surface area contributed by atoms with Crippen LogP contribution in [0.15, 0.2) is 36.5 Å². The minimum Gasteiger partial charge on any atom is -0.465 e. The van der Waals surface area contributed by atoms with Crippen molar-refractivity contribution < 1.29 is 13.9 Å². The van der Waals surface area contributed by atoms with E-state index in [2.05, 4.69) is 15.7 Å². The molecule has 4 rings (SSSR count). The number of rotatable bonds is 5. The van der Waals surface area contributed by atoms with Crippen molar-refractivity contribution in [1.82, 2.24) is 9.78 Å². The molecule has 1 aliphatic rings. The van der Waals surface area contributed by atoms with Crippen LogP contribution < -0.4 is 10.6 Å². The number of aryl methyl sites for hydroxylation is 1. The van der Waals surface area contributed by atoms with Crippen molar-refractivity contribution >= 4 is 45.5 Å². The quantitative estimate of drug-likeness (QED) is 0.443. The van der Waals surface area contributed by atoms with Crippen LogP contribution in [0.2, 0.25) is 0 Å². The Bertz CT molecular complexity index is 1080. The zero-order chi connectivity index (χ0) is 21.1. The van der Waals surface area contributed by atoms with Crippen LogP contribution in [0, 0.1) is 5.82 Å². The number of thiocarbonyl (C=S) groups is 1. The zero-order valence-corrected chi connectivity index (χ0v) is 18.0. The molecule has 3 aromatic rings. The standard InChI is InChI=1S/C21H21FN4O2S2/c1-28-20(27)18-15-4-2-3-5-16(15)30-19(18)24-21(29)23-17-10-11-26(25-17)12-13-6-8-14(22)9-7-13/h6-11H,2-5,12H2,1H3,(H2,23,24,25,29). The van der Waals surface area contributed by atoms with Crippen LogP contribution in [-0.4, -0.2) is 28.0 Å². The molecule has 1 aliphatic carbocycles. The van der Waals surface area contributed by atoms with Crippen molar-refractivity contribution in [3.05, 3.63) is 63.9 Å². The van der Waals surface area contributed by atoms with Crippen LogP contribution in [0.25, 0.3) is 0 Å². The first-order valence-corrected chi connectivity index (χ1v) is 10.8. The predicted octanol–water partition coefficient (Wildman–Crippen LogP) is 4.61. The number of hydrogen-bond acceptors (Lipinski definition) is 5. The lowest BCUT2D eigenvalue weighted by molar-refractivity contribution is 0.0601. The Morgan fingerprint density at radius 1 is 1.23 bits per heavy atom. The molecule has 2 heterocycles. The van der Waals surface area contributed by atoms with E-state index in [-0.39, 0.29) is 11.8 Å². The molecule has 0 radical (unpaired) electrons. The van der Waals surface area contributed by atoms with Gasteiger partial charge >= 0.3 is 5.97 Å². The van der Waals surface area contributed by atoms with E-state index in [9.17, 15) is 9.18 Å². The predicted molar refractivity (Wildman–Crippen MR) is 120 cm³/mol. The molecule has 0 saturated heterocycles. The van der Waals surface area contributed by atoms with Gasteiger partial charge in [-0.2, -0.15) is 5.10 Å². The number of nitrogens with zero attached hydrogens (tertiary/aromatic N) is 2. The van der Waals surface area contributed by atoms with Crippen LogP contribution in [-0.2, 0) is 24.1 Å². The zero-order valence-electron chi connectivity index (χ0n) is 16.4. The lowest BCUT2D eigenvalue weighted by atomic mass is 9.95. The van der Waals surface area contributed by atoms with E-state index < -0.39 is 0 Å². The first kappa shape index (κ1) is 20.5. The van der Waals surface area contributed by atoms with Gasteiger partial charge in [0.2, 0.25) is 0 Å². The molecule has 2 aromatic heterocycles. The molecule has 0 fully saturated rings. The second-order valence-corrected chi connectivity index (χ2v) is 8.52. The Balaban J connectivity index is 1.44. The molecule has 0 saturated carbocycles. The number of fused-ring (bicyclic) bond motifs is 1. The van der Waals surface area contributed by atoms with Crippen LogP contribution in [0.5, 0.6) is 0 Å². The molecular formula is C21H21FN4O2S2. The highest BCUT2D eigenvalue weighted by Gasteiger charge is 2.26. The first-order valence-electron chi connectivity index (χ1n) is 9.62. The molecule has 30 heavy (non-hydrogen) atoms. The number of nitrogens with one attached hydrogen (secondary N) is 2. The topological polar surface area (TPSA) is 68.2 Å². The van der Waals surface area contributed by atoms with Crippen LogP contribution >= 0.6 is 23.6 Å². The molecule has 156 valence electrons. The fourth-order valence-corrected chi connectivity index (χ4v) is 5.07. The minimum atomic E-state index is -0.344. The number of carbonyl (C=O) groups is 1. The normalized spacial score (nSPS) is 12.9. The minimum absolute atomic E-state index is 0.264. The summed E-state index contributed by atoms with van der Waals surface area (Å²) in [4.78, 5) is 13.6. The highest BCUT2D eigenvalue weighted by molar-refractivity contribution is 7.80. The average Bonchev–Trinajstić information content (AvgIpc) is 3.32. The monoisotopic (exact) mass is 444 g/mol. The molecule has 0 aliphatic heterocycles. The molecule has 0 amide bonds. The Labute approximate surface area is 183 Å². The van der Waals surface area contributed by atoms with Crippen molar-refractivity contribution in [2.45, 2.75) is 32.2 Å². The molecule has 0 spiro atoms. The number of hydrogen-bond donors (Lipinski definition) is 2. The third kappa shape index (κ3) is 4.52. The van der Waals surface area contributed by atoms with E-state index in [1.165, 1.54) is 24.1 Å². The van der Waals surface area contributed by atoms with Crippen molar-refractivity contribution in [1.29, 1.82) is 0 Å². The number of anilines is 2. The van der Waals surface area contributed by atoms with Gasteiger partial charge in [-0.3, -0.25) is 4.68 Å². The lowest BCUT2D eigenvalue weighted by Gasteiger charge is -2.12. The smallest absolute Gasteiger partial charge is 0.341 e. The van der Waals surface area contributed by atoms with E-state index in [4.69, 9.17) is 17.0 Å². The van der Waals surface area contributed by atoms with Gasteiger partial charge in [-0.05, 0) is 61.2 Å². The number of thiophene rings is 1. The highest BCUT2D eigenvalue weighted by atomic mass is 32.1. The maximum atomic E-state index is 13.0. The third-order valence-electron chi connectivity index (χ3n) is 4.93. The fourth-order valence-electron chi connectivity index (χ4n) is 3.52. The Morgan fingerprint density at radius 3 is 2.77 bits per heavy atom. The van der Waals surface area contributed by atoms with E-state index >= 15 is 0 Å². The van der Waals surface area contributed by atoms with Gasteiger partial charge in [0.05, 0.1) is 19.2 Å². The number of halogens is 1. The van der Waals surface area contributed by atoms with Gasteiger partial charge in [0.1, 0.15) is 10.8 Å². The summed E-state index contributed by atoms with van der Waals surface area (Å²) in [6, 6.07) is 8.11. The van der Waals surface area contributed by atoms with Gasteiger partial charge < -0.3 is 15.4 Å². The molecule has 0 atom stereocenters. The van der Waals surface area contributed by atoms with Gasteiger partial charge in [-0.15, -0.1) is 11.3 Å². The molecule has 2 N–H and O–H groups in total. The number of methoxy groups -OCH3 is 1. The second-order valence-electron chi connectivity index (χ2n) is 7.01. The summed E-state index contributed by atoms with van der Waals surface area (Å²) in [6.45, 7) is 0.520. The molecule has 1 aromatic carbocycles.